The van der Waals surface area contributed by atoms with Crippen LogP contribution < -0.4 is 4.74 Å². The van der Waals surface area contributed by atoms with E-state index in [4.69, 9.17) is 0 Å². The maximum atomic E-state index is 12.2. The molecule has 2 rings (SSSR count). The molecule has 0 amide bonds. The Morgan fingerprint density at radius 2 is 1.56 bits per heavy atom. The fourth-order valence-corrected chi connectivity index (χ4v) is 4.43. The Morgan fingerprint density at radius 1 is 0.963 bits per heavy atom. The van der Waals surface area contributed by atoms with E-state index < -0.39 is 6.36 Å². The van der Waals surface area contributed by atoms with Crippen molar-refractivity contribution in [2.24, 2.45) is 17.8 Å². The Labute approximate surface area is 162 Å². The number of halogens is 3. The van der Waals surface area contributed by atoms with E-state index in [0.29, 0.717) is 0 Å². The lowest BCUT2D eigenvalue weighted by atomic mass is 9.77. The van der Waals surface area contributed by atoms with Gasteiger partial charge in [0.15, 0.2) is 0 Å². The van der Waals surface area contributed by atoms with Gasteiger partial charge in [0.2, 0.25) is 0 Å². The van der Waals surface area contributed by atoms with E-state index >= 15 is 0 Å². The minimum atomic E-state index is -4.62. The molecule has 1 aromatic carbocycles. The van der Waals surface area contributed by atoms with Gasteiger partial charge in [-0.15, -0.1) is 13.2 Å². The predicted octanol–water partition coefficient (Wildman–Crippen LogP) is 7.93. The summed E-state index contributed by atoms with van der Waals surface area (Å²) in [5.41, 5.74) is 1.09. The Balaban J connectivity index is 1.62. The lowest BCUT2D eigenvalue weighted by Crippen LogP contribution is -2.17. The van der Waals surface area contributed by atoms with Crippen molar-refractivity contribution in [3.63, 3.8) is 0 Å². The lowest BCUT2D eigenvalue weighted by molar-refractivity contribution is -0.274. The molecule has 154 valence electrons. The van der Waals surface area contributed by atoms with Gasteiger partial charge in [-0.1, -0.05) is 83.8 Å². The normalized spacial score (nSPS) is 21.8. The molecule has 1 atom stereocenters. The smallest absolute Gasteiger partial charge is 0.406 e. The molecule has 1 aromatic rings. The fourth-order valence-electron chi connectivity index (χ4n) is 4.43. The molecule has 0 spiro atoms. The Morgan fingerprint density at radius 3 is 2.11 bits per heavy atom. The summed E-state index contributed by atoms with van der Waals surface area (Å²) in [6.07, 6.45) is 9.59. The van der Waals surface area contributed by atoms with Crippen LogP contribution in [0.4, 0.5) is 13.2 Å². The minimum Gasteiger partial charge on any atom is -0.406 e. The highest BCUT2D eigenvalue weighted by atomic mass is 19.4. The maximum Gasteiger partial charge on any atom is 0.573 e. The van der Waals surface area contributed by atoms with Gasteiger partial charge in [-0.3, -0.25) is 0 Å². The summed E-state index contributed by atoms with van der Waals surface area (Å²) in [7, 11) is 0. The zero-order valence-corrected chi connectivity index (χ0v) is 16.9. The fraction of sp³-hybridized carbons (Fsp3) is 0.739. The minimum absolute atomic E-state index is 0.139. The maximum absolute atomic E-state index is 12.2. The van der Waals surface area contributed by atoms with Crippen molar-refractivity contribution < 1.29 is 17.9 Å². The number of benzene rings is 1. The molecule has 0 N–H and O–H groups in total. The van der Waals surface area contributed by atoms with Gasteiger partial charge in [0.25, 0.3) is 0 Å². The van der Waals surface area contributed by atoms with Gasteiger partial charge in [-0.05, 0) is 48.3 Å². The third-order valence-electron chi connectivity index (χ3n) is 6.06. The number of rotatable bonds is 10. The third-order valence-corrected chi connectivity index (χ3v) is 6.06. The average Bonchev–Trinajstić information content (AvgIpc) is 2.61. The Bertz CT molecular complexity index is 515. The van der Waals surface area contributed by atoms with Crippen molar-refractivity contribution >= 4 is 0 Å². The highest BCUT2D eigenvalue weighted by molar-refractivity contribution is 5.27. The van der Waals surface area contributed by atoms with Crippen LogP contribution >= 0.6 is 0 Å². The van der Waals surface area contributed by atoms with E-state index in [9.17, 15) is 13.2 Å². The number of hydrogen-bond donors (Lipinski definition) is 0. The largest absolute Gasteiger partial charge is 0.573 e. The number of alkyl halides is 3. The van der Waals surface area contributed by atoms with Gasteiger partial charge in [-0.2, -0.15) is 0 Å². The summed E-state index contributed by atoms with van der Waals surface area (Å²) in [6, 6.07) is 6.34. The van der Waals surface area contributed by atoms with E-state index in [2.05, 4.69) is 18.6 Å². The van der Waals surface area contributed by atoms with Gasteiger partial charge < -0.3 is 4.74 Å². The van der Waals surface area contributed by atoms with Crippen molar-refractivity contribution in [1.82, 2.24) is 0 Å². The molecule has 1 nitrogen and oxygen atoms in total. The standard InChI is InChI=1S/C23H35F3O/c1-3-5-18(2)6-4-7-19-8-10-20(11-9-19)12-13-21-14-16-22(17-15-21)27-23(24,25)26/h14-20H,3-13H2,1-2H3. The summed E-state index contributed by atoms with van der Waals surface area (Å²) >= 11 is 0. The van der Waals surface area contributed by atoms with Crippen LogP contribution in [0.5, 0.6) is 5.75 Å². The molecule has 1 fully saturated rings. The summed E-state index contributed by atoms with van der Waals surface area (Å²) in [6.45, 7) is 4.64. The monoisotopic (exact) mass is 384 g/mol. The second-order valence-electron chi connectivity index (χ2n) is 8.44. The van der Waals surface area contributed by atoms with E-state index in [1.165, 1.54) is 69.9 Å². The molecule has 1 aliphatic rings. The molecule has 0 aromatic heterocycles. The first kappa shape index (κ1) is 22.1. The summed E-state index contributed by atoms with van der Waals surface area (Å²) < 4.78 is 40.5. The first-order chi connectivity index (χ1) is 12.9. The summed E-state index contributed by atoms with van der Waals surface area (Å²) in [5.74, 6) is 2.42. The van der Waals surface area contributed by atoms with Crippen molar-refractivity contribution in [2.45, 2.75) is 90.8 Å². The third kappa shape index (κ3) is 9.03. The number of hydrogen-bond acceptors (Lipinski definition) is 1. The zero-order chi connectivity index (χ0) is 19.7. The van der Waals surface area contributed by atoms with Gasteiger partial charge >= 0.3 is 6.36 Å². The van der Waals surface area contributed by atoms with Crippen molar-refractivity contribution in [1.29, 1.82) is 0 Å². The predicted molar refractivity (Wildman–Crippen MR) is 105 cm³/mol. The van der Waals surface area contributed by atoms with Crippen molar-refractivity contribution in [3.8, 4) is 5.75 Å². The molecule has 0 heterocycles. The molecule has 0 bridgehead atoms. The highest BCUT2D eigenvalue weighted by Crippen LogP contribution is 2.34. The molecule has 1 saturated carbocycles. The van der Waals surface area contributed by atoms with Crippen LogP contribution in [-0.2, 0) is 6.42 Å². The van der Waals surface area contributed by atoms with Crippen LogP contribution in [0.2, 0.25) is 0 Å². The molecule has 27 heavy (non-hydrogen) atoms. The Kier molecular flexibility index (Phi) is 8.98. The van der Waals surface area contributed by atoms with Gasteiger partial charge in [-0.25, -0.2) is 0 Å². The molecular weight excluding hydrogens is 349 g/mol. The van der Waals surface area contributed by atoms with Crippen LogP contribution in [0.15, 0.2) is 24.3 Å². The van der Waals surface area contributed by atoms with Crippen LogP contribution in [0.1, 0.15) is 83.6 Å². The Hall–Kier alpha value is -1.19. The van der Waals surface area contributed by atoms with Gasteiger partial charge in [0.05, 0.1) is 0 Å². The number of aryl methyl sites for hydroxylation is 1. The second-order valence-corrected chi connectivity index (χ2v) is 8.44. The number of ether oxygens (including phenoxy) is 1. The van der Waals surface area contributed by atoms with E-state index in [0.717, 1.165) is 36.2 Å². The van der Waals surface area contributed by atoms with E-state index in [1.807, 2.05) is 0 Å². The van der Waals surface area contributed by atoms with E-state index in [1.54, 1.807) is 12.1 Å². The van der Waals surface area contributed by atoms with Crippen LogP contribution in [0.25, 0.3) is 0 Å². The SMILES string of the molecule is CCCC(C)CCCC1CCC(CCc2ccc(OC(F)(F)F)cc2)CC1. The van der Waals surface area contributed by atoms with Crippen LogP contribution in [0, 0.1) is 17.8 Å². The van der Waals surface area contributed by atoms with Gasteiger partial charge in [0.1, 0.15) is 5.75 Å². The molecule has 1 unspecified atom stereocenters. The molecule has 0 radical (unpaired) electrons. The quantitative estimate of drug-likeness (QED) is 0.398. The first-order valence-corrected chi connectivity index (χ1v) is 10.7. The molecule has 4 heteroatoms. The second kappa shape index (κ2) is 11.0. The van der Waals surface area contributed by atoms with E-state index in [-0.39, 0.29) is 5.75 Å². The molecular formula is C23H35F3O. The zero-order valence-electron chi connectivity index (χ0n) is 16.9. The summed E-state index contributed by atoms with van der Waals surface area (Å²) in [4.78, 5) is 0. The van der Waals surface area contributed by atoms with Crippen molar-refractivity contribution in [3.05, 3.63) is 29.8 Å². The molecule has 0 aliphatic heterocycles. The van der Waals surface area contributed by atoms with Crippen LogP contribution in [0.3, 0.4) is 0 Å². The van der Waals surface area contributed by atoms with Gasteiger partial charge in [0, 0.05) is 0 Å². The lowest BCUT2D eigenvalue weighted by Gasteiger charge is -2.29. The molecule has 0 saturated heterocycles. The van der Waals surface area contributed by atoms with Crippen LogP contribution in [-0.4, -0.2) is 6.36 Å². The first-order valence-electron chi connectivity index (χ1n) is 10.7. The molecule has 1 aliphatic carbocycles. The highest BCUT2D eigenvalue weighted by Gasteiger charge is 2.31. The topological polar surface area (TPSA) is 9.23 Å². The average molecular weight is 385 g/mol. The van der Waals surface area contributed by atoms with Crippen molar-refractivity contribution in [2.75, 3.05) is 0 Å². The summed E-state index contributed by atoms with van der Waals surface area (Å²) in [5, 5.41) is 0.